The van der Waals surface area contributed by atoms with Crippen LogP contribution in [0.3, 0.4) is 0 Å². The summed E-state index contributed by atoms with van der Waals surface area (Å²) in [4.78, 5) is 10.4. The zero-order valence-electron chi connectivity index (χ0n) is 10.9. The van der Waals surface area contributed by atoms with Crippen molar-refractivity contribution in [3.8, 4) is 5.75 Å². The molecule has 0 heterocycles. The lowest BCUT2D eigenvalue weighted by atomic mass is 10.2. The molecule has 0 spiro atoms. The van der Waals surface area contributed by atoms with Gasteiger partial charge >= 0.3 is 0 Å². The van der Waals surface area contributed by atoms with Gasteiger partial charge in [0.2, 0.25) is 0 Å². The van der Waals surface area contributed by atoms with Gasteiger partial charge in [-0.25, -0.2) is 8.42 Å². The molecule has 1 rings (SSSR count). The van der Waals surface area contributed by atoms with Crippen LogP contribution in [-0.2, 0) is 9.84 Å². The maximum atomic E-state index is 11.2. The Labute approximate surface area is 111 Å². The van der Waals surface area contributed by atoms with Gasteiger partial charge in [-0.3, -0.25) is 10.1 Å². The minimum absolute atomic E-state index is 0.101. The monoisotopic (exact) mass is 288 g/mol. The summed E-state index contributed by atoms with van der Waals surface area (Å²) < 4.78 is 27.2. The Bertz CT molecular complexity index is 570. The summed E-state index contributed by atoms with van der Waals surface area (Å²) in [5, 5.41) is 13.8. The Morgan fingerprint density at radius 1 is 1.47 bits per heavy atom. The fraction of sp³-hybridized carbons (Fsp3) is 0.455. The molecule has 0 aromatic heterocycles. The predicted molar refractivity (Wildman–Crippen MR) is 72.4 cm³/mol. The van der Waals surface area contributed by atoms with Crippen LogP contribution < -0.4 is 10.1 Å². The molecule has 0 saturated carbocycles. The van der Waals surface area contributed by atoms with Crippen LogP contribution in [0.4, 0.5) is 11.4 Å². The first-order valence-electron chi connectivity index (χ1n) is 5.49. The Balaban J connectivity index is 2.97. The third-order valence-electron chi connectivity index (χ3n) is 2.36. The van der Waals surface area contributed by atoms with Gasteiger partial charge in [0, 0.05) is 12.3 Å². The third-order valence-corrected chi connectivity index (χ3v) is 3.46. The first-order chi connectivity index (χ1) is 8.73. The van der Waals surface area contributed by atoms with Crippen LogP contribution in [-0.4, -0.2) is 38.5 Å². The topological polar surface area (TPSA) is 98.5 Å². The molecule has 0 saturated heterocycles. The molecule has 0 radical (unpaired) electrons. The number of hydrogen-bond acceptors (Lipinski definition) is 6. The quantitative estimate of drug-likeness (QED) is 0.628. The van der Waals surface area contributed by atoms with Gasteiger partial charge in [-0.15, -0.1) is 0 Å². The summed E-state index contributed by atoms with van der Waals surface area (Å²) >= 11 is 0. The molecule has 8 heteroatoms. The first-order valence-corrected chi connectivity index (χ1v) is 7.55. The van der Waals surface area contributed by atoms with Crippen molar-refractivity contribution in [1.29, 1.82) is 0 Å². The normalized spacial score (nSPS) is 12.8. The van der Waals surface area contributed by atoms with Gasteiger partial charge in [0.1, 0.15) is 21.3 Å². The summed E-state index contributed by atoms with van der Waals surface area (Å²) in [6.45, 7) is 1.65. The number of rotatable bonds is 6. The number of benzene rings is 1. The number of nitrogens with zero attached hydrogens (tertiary/aromatic N) is 1. The van der Waals surface area contributed by atoms with E-state index in [9.17, 15) is 18.5 Å². The predicted octanol–water partition coefficient (Wildman–Crippen LogP) is 1.45. The second-order valence-electron chi connectivity index (χ2n) is 4.28. The Kier molecular flexibility index (Phi) is 4.71. The second kappa shape index (κ2) is 5.87. The van der Waals surface area contributed by atoms with Crippen LogP contribution in [0.15, 0.2) is 18.2 Å². The van der Waals surface area contributed by atoms with E-state index >= 15 is 0 Å². The SMILES string of the molecule is COc1ccc(NC(C)CS(C)(=O)=O)c([N+](=O)[O-])c1. The highest BCUT2D eigenvalue weighted by molar-refractivity contribution is 7.90. The van der Waals surface area contributed by atoms with Crippen molar-refractivity contribution in [2.45, 2.75) is 13.0 Å². The van der Waals surface area contributed by atoms with Gasteiger partial charge in [-0.1, -0.05) is 0 Å². The number of anilines is 1. The smallest absolute Gasteiger partial charge is 0.296 e. The van der Waals surface area contributed by atoms with Crippen LogP contribution in [0.5, 0.6) is 5.75 Å². The number of methoxy groups -OCH3 is 1. The molecule has 0 aliphatic carbocycles. The number of nitro groups is 1. The van der Waals surface area contributed by atoms with E-state index in [0.717, 1.165) is 6.26 Å². The minimum atomic E-state index is -3.15. The van der Waals surface area contributed by atoms with Gasteiger partial charge in [-0.2, -0.15) is 0 Å². The highest BCUT2D eigenvalue weighted by Crippen LogP contribution is 2.29. The van der Waals surface area contributed by atoms with Crippen molar-refractivity contribution >= 4 is 21.2 Å². The lowest BCUT2D eigenvalue weighted by molar-refractivity contribution is -0.384. The molecule has 0 amide bonds. The maximum absolute atomic E-state index is 11.2. The summed E-state index contributed by atoms with van der Waals surface area (Å²) in [6, 6.07) is 3.93. The van der Waals surface area contributed by atoms with Gasteiger partial charge in [0.15, 0.2) is 0 Å². The van der Waals surface area contributed by atoms with Crippen LogP contribution in [0.1, 0.15) is 6.92 Å². The van der Waals surface area contributed by atoms with E-state index in [1.807, 2.05) is 0 Å². The van der Waals surface area contributed by atoms with Crippen molar-refractivity contribution in [2.24, 2.45) is 0 Å². The van der Waals surface area contributed by atoms with Crippen molar-refractivity contribution in [1.82, 2.24) is 0 Å². The fourth-order valence-corrected chi connectivity index (χ4v) is 2.66. The zero-order valence-corrected chi connectivity index (χ0v) is 11.7. The summed E-state index contributed by atoms with van der Waals surface area (Å²) in [6.07, 6.45) is 1.12. The largest absolute Gasteiger partial charge is 0.496 e. The summed E-state index contributed by atoms with van der Waals surface area (Å²) in [5.74, 6) is 0.268. The van der Waals surface area contributed by atoms with Crippen molar-refractivity contribution in [3.05, 3.63) is 28.3 Å². The van der Waals surface area contributed by atoms with E-state index in [1.165, 1.54) is 19.2 Å². The highest BCUT2D eigenvalue weighted by atomic mass is 32.2. The molecule has 0 fully saturated rings. The molecule has 19 heavy (non-hydrogen) atoms. The molecule has 1 atom stereocenters. The molecule has 0 aliphatic rings. The number of hydrogen-bond donors (Lipinski definition) is 1. The van der Waals surface area contributed by atoms with Crippen LogP contribution >= 0.6 is 0 Å². The van der Waals surface area contributed by atoms with Gasteiger partial charge in [0.25, 0.3) is 5.69 Å². The van der Waals surface area contributed by atoms with E-state index in [4.69, 9.17) is 4.74 Å². The molecular formula is C11H16N2O5S. The minimum Gasteiger partial charge on any atom is -0.496 e. The molecule has 106 valence electrons. The molecular weight excluding hydrogens is 272 g/mol. The second-order valence-corrected chi connectivity index (χ2v) is 6.46. The number of nitro benzene ring substituents is 1. The van der Waals surface area contributed by atoms with Crippen LogP contribution in [0.2, 0.25) is 0 Å². The van der Waals surface area contributed by atoms with Crippen LogP contribution in [0.25, 0.3) is 0 Å². The van der Waals surface area contributed by atoms with Crippen molar-refractivity contribution in [3.63, 3.8) is 0 Å². The van der Waals surface area contributed by atoms with Gasteiger partial charge in [-0.05, 0) is 19.1 Å². The van der Waals surface area contributed by atoms with Crippen LogP contribution in [0, 0.1) is 10.1 Å². The number of sulfone groups is 1. The van der Waals surface area contributed by atoms with E-state index in [1.54, 1.807) is 13.0 Å². The number of nitrogens with one attached hydrogen (secondary N) is 1. The first kappa shape index (κ1) is 15.2. The lowest BCUT2D eigenvalue weighted by Gasteiger charge is -2.14. The molecule has 1 N–H and O–H groups in total. The fourth-order valence-electron chi connectivity index (χ4n) is 1.67. The van der Waals surface area contributed by atoms with Crippen molar-refractivity contribution < 1.29 is 18.1 Å². The molecule has 1 aromatic carbocycles. The summed E-state index contributed by atoms with van der Waals surface area (Å²) in [5.41, 5.74) is 0.113. The highest BCUT2D eigenvalue weighted by Gasteiger charge is 2.18. The standard InChI is InChI=1S/C11H16N2O5S/c1-8(7-19(3,16)17)12-10-5-4-9(18-2)6-11(10)13(14)15/h4-6,8,12H,7H2,1-3H3. The van der Waals surface area contributed by atoms with Gasteiger partial charge < -0.3 is 10.1 Å². The molecule has 1 aromatic rings. The van der Waals surface area contributed by atoms with E-state index < -0.39 is 20.8 Å². The maximum Gasteiger partial charge on any atom is 0.296 e. The zero-order chi connectivity index (χ0) is 14.6. The molecule has 1 unspecified atom stereocenters. The van der Waals surface area contributed by atoms with Crippen molar-refractivity contribution in [2.75, 3.05) is 24.4 Å². The third kappa shape index (κ3) is 4.74. The molecule has 0 bridgehead atoms. The van der Waals surface area contributed by atoms with E-state index in [-0.39, 0.29) is 17.1 Å². The number of ether oxygens (including phenoxy) is 1. The Morgan fingerprint density at radius 2 is 2.11 bits per heavy atom. The average molecular weight is 288 g/mol. The molecule has 7 nitrogen and oxygen atoms in total. The Hall–Kier alpha value is -1.83. The lowest BCUT2D eigenvalue weighted by Crippen LogP contribution is -2.25. The van der Waals surface area contributed by atoms with E-state index in [0.29, 0.717) is 5.75 Å². The average Bonchev–Trinajstić information content (AvgIpc) is 2.26. The Morgan fingerprint density at radius 3 is 2.58 bits per heavy atom. The molecule has 0 aliphatic heterocycles. The summed E-state index contributed by atoms with van der Waals surface area (Å²) in [7, 11) is -1.73. The van der Waals surface area contributed by atoms with Gasteiger partial charge in [0.05, 0.1) is 23.9 Å². The van der Waals surface area contributed by atoms with E-state index in [2.05, 4.69) is 5.32 Å².